The summed E-state index contributed by atoms with van der Waals surface area (Å²) in [7, 11) is 0. The van der Waals surface area contributed by atoms with E-state index in [4.69, 9.17) is 0 Å². The smallest absolute Gasteiger partial charge is 0.326 e. The third-order valence-electron chi connectivity index (χ3n) is 4.14. The molecule has 7 heteroatoms. The van der Waals surface area contributed by atoms with Gasteiger partial charge in [-0.3, -0.25) is 14.0 Å². The van der Waals surface area contributed by atoms with Crippen LogP contribution in [-0.4, -0.2) is 43.9 Å². The summed E-state index contributed by atoms with van der Waals surface area (Å²) in [6.45, 7) is 2.22. The highest BCUT2D eigenvalue weighted by Crippen LogP contribution is 2.19. The number of aryl methyl sites for hydroxylation is 1. The van der Waals surface area contributed by atoms with Crippen molar-refractivity contribution in [2.75, 3.05) is 6.54 Å². The SMILES string of the molecule is Cc1ccn2c(=O)c(C(=O)N3CCCCC3C(=O)O)cnc2c1. The Morgan fingerprint density at radius 1 is 1.35 bits per heavy atom. The zero-order valence-electron chi connectivity index (χ0n) is 12.7. The number of carboxylic acid groups (broad SMARTS) is 1. The van der Waals surface area contributed by atoms with Crippen molar-refractivity contribution in [2.45, 2.75) is 32.2 Å². The Balaban J connectivity index is 2.03. The highest BCUT2D eigenvalue weighted by molar-refractivity contribution is 5.96. The van der Waals surface area contributed by atoms with Crippen LogP contribution < -0.4 is 5.56 Å². The zero-order chi connectivity index (χ0) is 16.6. The lowest BCUT2D eigenvalue weighted by Gasteiger charge is -2.32. The molecule has 3 rings (SSSR count). The van der Waals surface area contributed by atoms with Gasteiger partial charge in [0.2, 0.25) is 0 Å². The molecule has 0 radical (unpaired) electrons. The maximum atomic E-state index is 12.7. The van der Waals surface area contributed by atoms with Gasteiger partial charge in [-0.05, 0) is 43.9 Å². The Bertz CT molecular complexity index is 843. The number of aromatic nitrogens is 2. The summed E-state index contributed by atoms with van der Waals surface area (Å²) in [6.07, 6.45) is 4.71. The van der Waals surface area contributed by atoms with Gasteiger partial charge in [-0.25, -0.2) is 9.78 Å². The van der Waals surface area contributed by atoms with E-state index in [2.05, 4.69) is 4.98 Å². The van der Waals surface area contributed by atoms with E-state index in [1.807, 2.05) is 6.92 Å². The fourth-order valence-corrected chi connectivity index (χ4v) is 2.91. The van der Waals surface area contributed by atoms with Crippen molar-refractivity contribution in [1.82, 2.24) is 14.3 Å². The largest absolute Gasteiger partial charge is 0.480 e. The first kappa shape index (κ1) is 15.2. The van der Waals surface area contributed by atoms with Crippen LogP contribution in [0.5, 0.6) is 0 Å². The quantitative estimate of drug-likeness (QED) is 0.895. The maximum Gasteiger partial charge on any atom is 0.326 e. The van der Waals surface area contributed by atoms with E-state index in [0.29, 0.717) is 18.6 Å². The molecule has 0 aromatic carbocycles. The van der Waals surface area contributed by atoms with E-state index in [1.165, 1.54) is 15.5 Å². The number of piperidine rings is 1. The van der Waals surface area contributed by atoms with Crippen molar-refractivity contribution < 1.29 is 14.7 Å². The first-order valence-electron chi connectivity index (χ1n) is 7.51. The van der Waals surface area contributed by atoms with E-state index in [1.54, 1.807) is 18.3 Å². The molecule has 1 fully saturated rings. The Morgan fingerprint density at radius 2 is 2.13 bits per heavy atom. The van der Waals surface area contributed by atoms with Crippen LogP contribution in [0.15, 0.2) is 29.3 Å². The van der Waals surface area contributed by atoms with Crippen molar-refractivity contribution in [2.24, 2.45) is 0 Å². The topological polar surface area (TPSA) is 92.0 Å². The molecule has 3 heterocycles. The Morgan fingerprint density at radius 3 is 2.87 bits per heavy atom. The van der Waals surface area contributed by atoms with E-state index in [9.17, 15) is 19.5 Å². The third kappa shape index (κ3) is 2.69. The molecule has 0 saturated carbocycles. The number of amides is 1. The van der Waals surface area contributed by atoms with E-state index in [-0.39, 0.29) is 5.56 Å². The number of carboxylic acids is 1. The Labute approximate surface area is 132 Å². The molecule has 1 aliphatic heterocycles. The molecular formula is C16H17N3O4. The molecule has 1 amide bonds. The fraction of sp³-hybridized carbons (Fsp3) is 0.375. The molecule has 1 N–H and O–H groups in total. The first-order valence-corrected chi connectivity index (χ1v) is 7.51. The molecule has 0 aliphatic carbocycles. The summed E-state index contributed by atoms with van der Waals surface area (Å²) >= 11 is 0. The van der Waals surface area contributed by atoms with Crippen LogP contribution in [-0.2, 0) is 4.79 Å². The van der Waals surface area contributed by atoms with Gasteiger partial charge in [0.15, 0.2) is 0 Å². The molecule has 23 heavy (non-hydrogen) atoms. The van der Waals surface area contributed by atoms with Gasteiger partial charge in [0.25, 0.3) is 11.5 Å². The molecule has 1 unspecified atom stereocenters. The minimum absolute atomic E-state index is 0.0977. The lowest BCUT2D eigenvalue weighted by atomic mass is 10.0. The van der Waals surface area contributed by atoms with Crippen molar-refractivity contribution >= 4 is 17.5 Å². The molecule has 0 bridgehead atoms. The van der Waals surface area contributed by atoms with Gasteiger partial charge in [0, 0.05) is 18.9 Å². The molecule has 1 aliphatic rings. The van der Waals surface area contributed by atoms with Crippen LogP contribution in [0.1, 0.15) is 35.2 Å². The van der Waals surface area contributed by atoms with Crippen LogP contribution in [0.25, 0.3) is 5.65 Å². The molecular weight excluding hydrogens is 298 g/mol. The third-order valence-corrected chi connectivity index (χ3v) is 4.14. The Hall–Kier alpha value is -2.70. The minimum Gasteiger partial charge on any atom is -0.480 e. The number of hydrogen-bond donors (Lipinski definition) is 1. The monoisotopic (exact) mass is 315 g/mol. The molecule has 7 nitrogen and oxygen atoms in total. The fourth-order valence-electron chi connectivity index (χ4n) is 2.91. The summed E-state index contributed by atoms with van der Waals surface area (Å²) < 4.78 is 1.31. The van der Waals surface area contributed by atoms with Crippen LogP contribution in [0.2, 0.25) is 0 Å². The van der Waals surface area contributed by atoms with Crippen LogP contribution in [0, 0.1) is 6.92 Å². The van der Waals surface area contributed by atoms with Crippen LogP contribution >= 0.6 is 0 Å². The molecule has 1 atom stereocenters. The average molecular weight is 315 g/mol. The lowest BCUT2D eigenvalue weighted by Crippen LogP contribution is -2.49. The average Bonchev–Trinajstić information content (AvgIpc) is 2.54. The minimum atomic E-state index is -1.04. The van der Waals surface area contributed by atoms with Gasteiger partial charge < -0.3 is 10.0 Å². The predicted molar refractivity (Wildman–Crippen MR) is 82.5 cm³/mol. The van der Waals surface area contributed by atoms with Gasteiger partial charge in [0.05, 0.1) is 0 Å². The normalized spacial score (nSPS) is 18.1. The lowest BCUT2D eigenvalue weighted by molar-refractivity contribution is -0.143. The van der Waals surface area contributed by atoms with Crippen LogP contribution in [0.4, 0.5) is 0 Å². The van der Waals surface area contributed by atoms with Gasteiger partial charge in [-0.1, -0.05) is 0 Å². The standard InChI is InChI=1S/C16H17N3O4/c1-10-5-7-19-13(8-10)17-9-11(15(19)21)14(20)18-6-3-2-4-12(18)16(22)23/h5,7-9,12H,2-4,6H2,1H3,(H,22,23). The van der Waals surface area contributed by atoms with Gasteiger partial charge in [-0.15, -0.1) is 0 Å². The highest BCUT2D eigenvalue weighted by atomic mass is 16.4. The van der Waals surface area contributed by atoms with E-state index in [0.717, 1.165) is 18.4 Å². The van der Waals surface area contributed by atoms with E-state index >= 15 is 0 Å². The summed E-state index contributed by atoms with van der Waals surface area (Å²) in [5.41, 5.74) is 0.840. The number of aliphatic carboxylic acids is 1. The summed E-state index contributed by atoms with van der Waals surface area (Å²) in [5, 5.41) is 9.28. The maximum absolute atomic E-state index is 12.7. The zero-order valence-corrected chi connectivity index (χ0v) is 12.7. The number of pyridine rings is 1. The van der Waals surface area contributed by atoms with Gasteiger partial charge in [-0.2, -0.15) is 0 Å². The van der Waals surface area contributed by atoms with Gasteiger partial charge in [0.1, 0.15) is 17.3 Å². The predicted octanol–water partition coefficient (Wildman–Crippen LogP) is 1.08. The van der Waals surface area contributed by atoms with Crippen LogP contribution in [0.3, 0.4) is 0 Å². The van der Waals surface area contributed by atoms with Crippen molar-refractivity contribution in [1.29, 1.82) is 0 Å². The molecule has 2 aromatic rings. The first-order chi connectivity index (χ1) is 11.0. The number of nitrogens with zero attached hydrogens (tertiary/aromatic N) is 3. The number of carbonyl (C=O) groups excluding carboxylic acids is 1. The second-order valence-corrected chi connectivity index (χ2v) is 5.76. The highest BCUT2D eigenvalue weighted by Gasteiger charge is 2.33. The molecule has 120 valence electrons. The second kappa shape index (κ2) is 5.83. The summed E-state index contributed by atoms with van der Waals surface area (Å²) in [5.74, 6) is -1.60. The van der Waals surface area contributed by atoms with Crippen molar-refractivity contribution in [3.05, 3.63) is 46.0 Å². The second-order valence-electron chi connectivity index (χ2n) is 5.76. The summed E-state index contributed by atoms with van der Waals surface area (Å²) in [6, 6.07) is 2.62. The number of carbonyl (C=O) groups is 2. The van der Waals surface area contributed by atoms with Gasteiger partial charge >= 0.3 is 5.97 Å². The van der Waals surface area contributed by atoms with Crippen molar-refractivity contribution in [3.8, 4) is 0 Å². The number of fused-ring (bicyclic) bond motifs is 1. The number of hydrogen-bond acceptors (Lipinski definition) is 4. The molecule has 2 aromatic heterocycles. The number of rotatable bonds is 2. The molecule has 0 spiro atoms. The Kier molecular flexibility index (Phi) is 3.85. The van der Waals surface area contributed by atoms with Crippen molar-refractivity contribution in [3.63, 3.8) is 0 Å². The molecule has 1 saturated heterocycles. The summed E-state index contributed by atoms with van der Waals surface area (Å²) in [4.78, 5) is 42.0. The van der Waals surface area contributed by atoms with E-state index < -0.39 is 23.5 Å². The number of likely N-dealkylation sites (tertiary alicyclic amines) is 1.